The van der Waals surface area contributed by atoms with Crippen LogP contribution in [0.15, 0.2) is 30.3 Å². The van der Waals surface area contributed by atoms with Gasteiger partial charge in [-0.15, -0.1) is 0 Å². The quantitative estimate of drug-likeness (QED) is 0.771. The summed E-state index contributed by atoms with van der Waals surface area (Å²) in [5, 5.41) is 0. The molecule has 0 spiro atoms. The fourth-order valence-corrected chi connectivity index (χ4v) is 3.49. The van der Waals surface area contributed by atoms with Crippen molar-refractivity contribution in [2.75, 3.05) is 39.3 Å². The van der Waals surface area contributed by atoms with Crippen LogP contribution in [-0.4, -0.2) is 61.1 Å². The number of hydrogen-bond donors (Lipinski definition) is 0. The third-order valence-corrected chi connectivity index (χ3v) is 5.19. The summed E-state index contributed by atoms with van der Waals surface area (Å²) >= 11 is 0. The third-order valence-electron chi connectivity index (χ3n) is 5.19. The number of piperazine rings is 1. The molecule has 0 aromatic heterocycles. The highest BCUT2D eigenvalue weighted by atomic mass is 16.5. The largest absolute Gasteiger partial charge is 0.377 e. The van der Waals surface area contributed by atoms with Crippen molar-refractivity contribution >= 4 is 12.0 Å². The lowest BCUT2D eigenvalue weighted by Crippen LogP contribution is -2.50. The molecule has 3 rings (SSSR count). The molecular formula is C21H30N2O2. The van der Waals surface area contributed by atoms with Crippen molar-refractivity contribution in [3.8, 4) is 0 Å². The molecule has 0 saturated carbocycles. The van der Waals surface area contributed by atoms with E-state index < -0.39 is 0 Å². The Balaban J connectivity index is 1.45. The van der Waals surface area contributed by atoms with Crippen LogP contribution in [0.1, 0.15) is 43.7 Å². The van der Waals surface area contributed by atoms with Crippen LogP contribution in [-0.2, 0) is 9.53 Å². The van der Waals surface area contributed by atoms with Crippen molar-refractivity contribution in [3.63, 3.8) is 0 Å². The second-order valence-corrected chi connectivity index (χ2v) is 7.42. The standard InChI is InChI=1S/C21H30N2O2/c1-17(2)19-8-5-18(6-9-19)7-10-21(24)23-13-11-22(12-14-23)16-20-4-3-15-25-20/h5-10,17,20H,3-4,11-16H2,1-2H3/b10-7+. The third kappa shape index (κ3) is 5.16. The molecule has 1 aromatic carbocycles. The van der Waals surface area contributed by atoms with E-state index in [1.54, 1.807) is 6.08 Å². The van der Waals surface area contributed by atoms with Gasteiger partial charge in [0.05, 0.1) is 6.10 Å². The molecule has 0 bridgehead atoms. The molecule has 0 aliphatic carbocycles. The van der Waals surface area contributed by atoms with Crippen LogP contribution in [0, 0.1) is 0 Å². The molecule has 1 unspecified atom stereocenters. The van der Waals surface area contributed by atoms with E-state index >= 15 is 0 Å². The minimum absolute atomic E-state index is 0.115. The monoisotopic (exact) mass is 342 g/mol. The summed E-state index contributed by atoms with van der Waals surface area (Å²) in [6, 6.07) is 8.44. The van der Waals surface area contributed by atoms with Gasteiger partial charge in [0.2, 0.25) is 5.91 Å². The van der Waals surface area contributed by atoms with Crippen LogP contribution in [0.25, 0.3) is 6.08 Å². The molecule has 4 nitrogen and oxygen atoms in total. The lowest BCUT2D eigenvalue weighted by Gasteiger charge is -2.35. The Hall–Kier alpha value is -1.65. The molecule has 0 N–H and O–H groups in total. The van der Waals surface area contributed by atoms with Gasteiger partial charge in [0, 0.05) is 45.4 Å². The van der Waals surface area contributed by atoms with Gasteiger partial charge in [0.25, 0.3) is 0 Å². The molecule has 2 saturated heterocycles. The second kappa shape index (κ2) is 8.63. The number of rotatable bonds is 5. The lowest BCUT2D eigenvalue weighted by molar-refractivity contribution is -0.127. The Morgan fingerprint density at radius 3 is 2.52 bits per heavy atom. The number of carbonyl (C=O) groups excluding carboxylic acids is 1. The smallest absolute Gasteiger partial charge is 0.246 e. The zero-order chi connectivity index (χ0) is 17.6. The highest BCUT2D eigenvalue weighted by Gasteiger charge is 2.23. The Labute approximate surface area is 151 Å². The van der Waals surface area contributed by atoms with Gasteiger partial charge < -0.3 is 9.64 Å². The first kappa shape index (κ1) is 18.2. The normalized spacial score (nSPS) is 22.2. The van der Waals surface area contributed by atoms with E-state index in [0.717, 1.165) is 44.9 Å². The molecule has 136 valence electrons. The molecule has 1 aromatic rings. The first-order valence-electron chi connectivity index (χ1n) is 9.53. The first-order valence-corrected chi connectivity index (χ1v) is 9.53. The Morgan fingerprint density at radius 2 is 1.92 bits per heavy atom. The summed E-state index contributed by atoms with van der Waals surface area (Å²) in [6.45, 7) is 9.81. The molecule has 25 heavy (non-hydrogen) atoms. The predicted molar refractivity (Wildman–Crippen MR) is 102 cm³/mol. The highest BCUT2D eigenvalue weighted by Crippen LogP contribution is 2.16. The Morgan fingerprint density at radius 1 is 1.20 bits per heavy atom. The number of carbonyl (C=O) groups is 1. The molecule has 1 atom stereocenters. The minimum Gasteiger partial charge on any atom is -0.377 e. The van der Waals surface area contributed by atoms with Crippen molar-refractivity contribution in [1.82, 2.24) is 9.80 Å². The number of benzene rings is 1. The van der Waals surface area contributed by atoms with E-state index in [0.29, 0.717) is 12.0 Å². The van der Waals surface area contributed by atoms with E-state index in [-0.39, 0.29) is 5.91 Å². The fraction of sp³-hybridized carbons (Fsp3) is 0.571. The summed E-state index contributed by atoms with van der Waals surface area (Å²) < 4.78 is 5.71. The van der Waals surface area contributed by atoms with E-state index in [9.17, 15) is 4.79 Å². The summed E-state index contributed by atoms with van der Waals surface area (Å²) in [5.41, 5.74) is 2.40. The van der Waals surface area contributed by atoms with Crippen LogP contribution in [0.2, 0.25) is 0 Å². The van der Waals surface area contributed by atoms with Crippen LogP contribution in [0.5, 0.6) is 0 Å². The van der Waals surface area contributed by atoms with Crippen molar-refractivity contribution < 1.29 is 9.53 Å². The van der Waals surface area contributed by atoms with Gasteiger partial charge >= 0.3 is 0 Å². The molecule has 1 amide bonds. The molecule has 2 aliphatic heterocycles. The van der Waals surface area contributed by atoms with Gasteiger partial charge in [-0.1, -0.05) is 38.1 Å². The SMILES string of the molecule is CC(C)c1ccc(/C=C/C(=O)N2CCN(CC3CCCO3)CC2)cc1. The van der Waals surface area contributed by atoms with Gasteiger partial charge in [0.1, 0.15) is 0 Å². The zero-order valence-electron chi connectivity index (χ0n) is 15.5. The fourth-order valence-electron chi connectivity index (χ4n) is 3.49. The maximum atomic E-state index is 12.4. The van der Waals surface area contributed by atoms with Crippen molar-refractivity contribution in [1.29, 1.82) is 0 Å². The molecule has 4 heteroatoms. The van der Waals surface area contributed by atoms with Crippen molar-refractivity contribution in [2.45, 2.75) is 38.7 Å². The van der Waals surface area contributed by atoms with Gasteiger partial charge in [0.15, 0.2) is 0 Å². The van der Waals surface area contributed by atoms with Gasteiger partial charge in [-0.3, -0.25) is 9.69 Å². The predicted octanol–water partition coefficient (Wildman–Crippen LogP) is 3.15. The van der Waals surface area contributed by atoms with Crippen LogP contribution < -0.4 is 0 Å². The topological polar surface area (TPSA) is 32.8 Å². The lowest BCUT2D eigenvalue weighted by atomic mass is 10.0. The second-order valence-electron chi connectivity index (χ2n) is 7.42. The first-order chi connectivity index (χ1) is 12.1. The van der Waals surface area contributed by atoms with E-state index in [1.165, 1.54) is 18.4 Å². The number of amides is 1. The van der Waals surface area contributed by atoms with Crippen LogP contribution in [0.3, 0.4) is 0 Å². The Kier molecular flexibility index (Phi) is 6.27. The average Bonchev–Trinajstić information content (AvgIpc) is 3.13. The molecule has 0 radical (unpaired) electrons. The van der Waals surface area contributed by atoms with Gasteiger partial charge in [-0.25, -0.2) is 0 Å². The molecular weight excluding hydrogens is 312 g/mol. The van der Waals surface area contributed by atoms with E-state index in [2.05, 4.69) is 43.0 Å². The van der Waals surface area contributed by atoms with E-state index in [1.807, 2.05) is 11.0 Å². The molecule has 2 fully saturated rings. The van der Waals surface area contributed by atoms with Gasteiger partial charge in [-0.2, -0.15) is 0 Å². The summed E-state index contributed by atoms with van der Waals surface area (Å²) in [7, 11) is 0. The maximum absolute atomic E-state index is 12.4. The Bertz CT molecular complexity index is 580. The number of nitrogens with zero attached hydrogens (tertiary/aromatic N) is 2. The van der Waals surface area contributed by atoms with E-state index in [4.69, 9.17) is 4.74 Å². The van der Waals surface area contributed by atoms with Crippen LogP contribution >= 0.6 is 0 Å². The summed E-state index contributed by atoms with van der Waals surface area (Å²) in [5.74, 6) is 0.648. The summed E-state index contributed by atoms with van der Waals surface area (Å²) in [4.78, 5) is 16.8. The highest BCUT2D eigenvalue weighted by molar-refractivity contribution is 5.91. The number of ether oxygens (including phenoxy) is 1. The average molecular weight is 342 g/mol. The van der Waals surface area contributed by atoms with Crippen molar-refractivity contribution in [2.24, 2.45) is 0 Å². The molecule has 2 heterocycles. The van der Waals surface area contributed by atoms with Crippen LogP contribution in [0.4, 0.5) is 0 Å². The maximum Gasteiger partial charge on any atom is 0.246 e. The minimum atomic E-state index is 0.115. The van der Waals surface area contributed by atoms with Crippen molar-refractivity contribution in [3.05, 3.63) is 41.5 Å². The summed E-state index contributed by atoms with van der Waals surface area (Å²) in [6.07, 6.45) is 6.39. The van der Waals surface area contributed by atoms with Gasteiger partial charge in [-0.05, 0) is 36.0 Å². The zero-order valence-corrected chi connectivity index (χ0v) is 15.5. The molecule has 2 aliphatic rings. The number of hydrogen-bond acceptors (Lipinski definition) is 3.